The monoisotopic (exact) mass is 333 g/mol. The number of carbonyl (C=O) groups excluding carboxylic acids is 1. The quantitative estimate of drug-likeness (QED) is 0.849. The summed E-state index contributed by atoms with van der Waals surface area (Å²) in [5.41, 5.74) is 3.00. The van der Waals surface area contributed by atoms with Crippen LogP contribution in [0.15, 0.2) is 36.4 Å². The molecule has 23 heavy (non-hydrogen) atoms. The van der Waals surface area contributed by atoms with E-state index in [0.717, 1.165) is 11.1 Å². The second-order valence-corrected chi connectivity index (χ2v) is 5.49. The fourth-order valence-corrected chi connectivity index (χ4v) is 2.30. The number of amides is 1. The highest BCUT2D eigenvalue weighted by atomic mass is 35.5. The third-order valence-electron chi connectivity index (χ3n) is 3.43. The van der Waals surface area contributed by atoms with E-state index in [0.29, 0.717) is 35.2 Å². The molecule has 2 aromatic rings. The van der Waals surface area contributed by atoms with Crippen molar-refractivity contribution in [2.45, 2.75) is 20.5 Å². The lowest BCUT2D eigenvalue weighted by Crippen LogP contribution is -2.12. The van der Waals surface area contributed by atoms with Crippen molar-refractivity contribution in [1.29, 1.82) is 0 Å². The predicted octanol–water partition coefficient (Wildman–Crippen LogP) is 4.45. The first-order chi connectivity index (χ1) is 11.0. The summed E-state index contributed by atoms with van der Waals surface area (Å²) in [6.07, 6.45) is 0. The van der Waals surface area contributed by atoms with Gasteiger partial charge in [0.1, 0.15) is 5.75 Å². The molecule has 1 amide bonds. The van der Waals surface area contributed by atoms with Gasteiger partial charge in [-0.3, -0.25) is 4.79 Å². The maximum Gasteiger partial charge on any atom is 0.255 e. The Morgan fingerprint density at radius 3 is 2.65 bits per heavy atom. The lowest BCUT2D eigenvalue weighted by Gasteiger charge is -2.11. The summed E-state index contributed by atoms with van der Waals surface area (Å²) >= 11 is 6.08. The topological polar surface area (TPSA) is 47.6 Å². The van der Waals surface area contributed by atoms with Gasteiger partial charge in [-0.05, 0) is 49.7 Å². The number of hydrogen-bond donors (Lipinski definition) is 1. The molecule has 0 unspecified atom stereocenters. The SMILES string of the molecule is CCOCc1cc(C(=O)Nc2ccc(C)c(Cl)c2)ccc1OC. The van der Waals surface area contributed by atoms with E-state index in [2.05, 4.69) is 5.32 Å². The Hall–Kier alpha value is -2.04. The number of rotatable bonds is 6. The van der Waals surface area contributed by atoms with Crippen molar-refractivity contribution >= 4 is 23.2 Å². The zero-order chi connectivity index (χ0) is 16.8. The Kier molecular flexibility index (Phi) is 6.02. The lowest BCUT2D eigenvalue weighted by molar-refractivity contribution is 0.102. The van der Waals surface area contributed by atoms with Crippen LogP contribution in [0, 0.1) is 6.92 Å². The third kappa shape index (κ3) is 4.47. The zero-order valence-corrected chi connectivity index (χ0v) is 14.2. The van der Waals surface area contributed by atoms with Gasteiger partial charge in [0.05, 0.1) is 13.7 Å². The van der Waals surface area contributed by atoms with Gasteiger partial charge in [0.25, 0.3) is 5.91 Å². The van der Waals surface area contributed by atoms with Crippen molar-refractivity contribution in [1.82, 2.24) is 0 Å². The maximum atomic E-state index is 12.4. The Labute approximate surface area is 141 Å². The van der Waals surface area contributed by atoms with Gasteiger partial charge in [-0.25, -0.2) is 0 Å². The van der Waals surface area contributed by atoms with Gasteiger partial charge in [0.2, 0.25) is 0 Å². The summed E-state index contributed by atoms with van der Waals surface area (Å²) in [7, 11) is 1.60. The van der Waals surface area contributed by atoms with Crippen LogP contribution in [0.25, 0.3) is 0 Å². The van der Waals surface area contributed by atoms with Crippen LogP contribution >= 0.6 is 11.6 Å². The normalized spacial score (nSPS) is 10.4. The van der Waals surface area contributed by atoms with Gasteiger partial charge < -0.3 is 14.8 Å². The first-order valence-electron chi connectivity index (χ1n) is 7.37. The van der Waals surface area contributed by atoms with Crippen LogP contribution in [-0.2, 0) is 11.3 Å². The minimum absolute atomic E-state index is 0.203. The Balaban J connectivity index is 2.19. The Bertz CT molecular complexity index is 701. The molecule has 0 aliphatic heterocycles. The van der Waals surface area contributed by atoms with E-state index < -0.39 is 0 Å². The molecule has 0 fully saturated rings. The van der Waals surface area contributed by atoms with Crippen LogP contribution in [0.1, 0.15) is 28.4 Å². The van der Waals surface area contributed by atoms with Crippen molar-refractivity contribution in [3.05, 3.63) is 58.1 Å². The highest BCUT2D eigenvalue weighted by molar-refractivity contribution is 6.31. The minimum atomic E-state index is -0.203. The summed E-state index contributed by atoms with van der Waals surface area (Å²) < 4.78 is 10.7. The summed E-state index contributed by atoms with van der Waals surface area (Å²) in [6.45, 7) is 4.83. The van der Waals surface area contributed by atoms with Crippen molar-refractivity contribution in [3.63, 3.8) is 0 Å². The smallest absolute Gasteiger partial charge is 0.255 e. The van der Waals surface area contributed by atoms with E-state index >= 15 is 0 Å². The number of aryl methyl sites for hydroxylation is 1. The van der Waals surface area contributed by atoms with Gasteiger partial charge in [-0.2, -0.15) is 0 Å². The van der Waals surface area contributed by atoms with Gasteiger partial charge >= 0.3 is 0 Å². The van der Waals surface area contributed by atoms with Crippen molar-refractivity contribution < 1.29 is 14.3 Å². The Morgan fingerprint density at radius 1 is 1.22 bits per heavy atom. The molecule has 0 aliphatic rings. The molecule has 0 radical (unpaired) electrons. The number of anilines is 1. The van der Waals surface area contributed by atoms with E-state index in [9.17, 15) is 4.79 Å². The average molecular weight is 334 g/mol. The molecule has 0 heterocycles. The van der Waals surface area contributed by atoms with Gasteiger partial charge in [0, 0.05) is 28.4 Å². The molecular weight excluding hydrogens is 314 g/mol. The van der Waals surface area contributed by atoms with Gasteiger partial charge in [-0.1, -0.05) is 17.7 Å². The molecular formula is C18H20ClNO3. The molecule has 2 aromatic carbocycles. The molecule has 1 N–H and O–H groups in total. The molecule has 0 spiro atoms. The number of carbonyl (C=O) groups is 1. The van der Waals surface area contributed by atoms with Crippen LogP contribution in [0.3, 0.4) is 0 Å². The molecule has 0 atom stereocenters. The van der Waals surface area contributed by atoms with E-state index in [-0.39, 0.29) is 5.91 Å². The first kappa shape index (κ1) is 17.3. The Morgan fingerprint density at radius 2 is 2.00 bits per heavy atom. The van der Waals surface area contributed by atoms with Crippen molar-refractivity contribution in [3.8, 4) is 5.75 Å². The zero-order valence-electron chi connectivity index (χ0n) is 13.5. The van der Waals surface area contributed by atoms with E-state index in [1.165, 1.54) is 0 Å². The molecule has 2 rings (SSSR count). The highest BCUT2D eigenvalue weighted by Gasteiger charge is 2.11. The second-order valence-electron chi connectivity index (χ2n) is 5.08. The molecule has 0 saturated heterocycles. The second kappa shape index (κ2) is 7.99. The van der Waals surface area contributed by atoms with Crippen LogP contribution in [0.2, 0.25) is 5.02 Å². The molecule has 0 aromatic heterocycles. The fourth-order valence-electron chi connectivity index (χ4n) is 2.12. The van der Waals surface area contributed by atoms with E-state index in [1.807, 2.05) is 26.0 Å². The number of methoxy groups -OCH3 is 1. The fraction of sp³-hybridized carbons (Fsp3) is 0.278. The maximum absolute atomic E-state index is 12.4. The van der Waals surface area contributed by atoms with Gasteiger partial charge in [0.15, 0.2) is 0 Å². The van der Waals surface area contributed by atoms with Crippen LogP contribution < -0.4 is 10.1 Å². The summed E-state index contributed by atoms with van der Waals surface area (Å²) in [5.74, 6) is 0.499. The summed E-state index contributed by atoms with van der Waals surface area (Å²) in [6, 6.07) is 10.7. The number of ether oxygens (including phenoxy) is 2. The van der Waals surface area contributed by atoms with Crippen LogP contribution in [-0.4, -0.2) is 19.6 Å². The number of benzene rings is 2. The number of hydrogen-bond acceptors (Lipinski definition) is 3. The van der Waals surface area contributed by atoms with E-state index in [1.54, 1.807) is 31.4 Å². The predicted molar refractivity (Wildman–Crippen MR) is 92.5 cm³/mol. The van der Waals surface area contributed by atoms with Crippen molar-refractivity contribution in [2.24, 2.45) is 0 Å². The third-order valence-corrected chi connectivity index (χ3v) is 3.84. The molecule has 5 heteroatoms. The lowest BCUT2D eigenvalue weighted by atomic mass is 10.1. The average Bonchev–Trinajstić information content (AvgIpc) is 2.56. The highest BCUT2D eigenvalue weighted by Crippen LogP contribution is 2.23. The largest absolute Gasteiger partial charge is 0.496 e. The number of halogens is 1. The summed E-state index contributed by atoms with van der Waals surface area (Å²) in [4.78, 5) is 12.4. The molecule has 0 saturated carbocycles. The standard InChI is InChI=1S/C18H20ClNO3/c1-4-23-11-14-9-13(6-8-17(14)22-3)18(21)20-15-7-5-12(2)16(19)10-15/h5-10H,4,11H2,1-3H3,(H,20,21). The van der Waals surface area contributed by atoms with Crippen LogP contribution in [0.5, 0.6) is 5.75 Å². The van der Waals surface area contributed by atoms with Crippen LogP contribution in [0.4, 0.5) is 5.69 Å². The van der Waals surface area contributed by atoms with Crippen molar-refractivity contribution in [2.75, 3.05) is 19.0 Å². The molecule has 4 nitrogen and oxygen atoms in total. The summed E-state index contributed by atoms with van der Waals surface area (Å²) in [5, 5.41) is 3.46. The molecule has 0 bridgehead atoms. The van der Waals surface area contributed by atoms with Gasteiger partial charge in [-0.15, -0.1) is 0 Å². The number of nitrogens with one attached hydrogen (secondary N) is 1. The molecule has 122 valence electrons. The minimum Gasteiger partial charge on any atom is -0.496 e. The molecule has 0 aliphatic carbocycles. The van der Waals surface area contributed by atoms with E-state index in [4.69, 9.17) is 21.1 Å². The first-order valence-corrected chi connectivity index (χ1v) is 7.75.